The molecule has 0 saturated carbocycles. The lowest BCUT2D eigenvalue weighted by atomic mass is 10.1. The molecular formula is C9H18FNO. The third kappa shape index (κ3) is 2.17. The number of nitrogens with zero attached hydrogens (tertiary/aromatic N) is 1. The Hall–Kier alpha value is -0.150. The van der Waals surface area contributed by atoms with E-state index in [1.807, 2.05) is 0 Å². The average molecular weight is 175 g/mol. The Kier molecular flexibility index (Phi) is 3.07. The number of methoxy groups -OCH3 is 1. The van der Waals surface area contributed by atoms with Crippen LogP contribution < -0.4 is 0 Å². The van der Waals surface area contributed by atoms with Crippen molar-refractivity contribution in [3.05, 3.63) is 0 Å². The molecule has 1 rings (SSSR count). The highest BCUT2D eigenvalue weighted by molar-refractivity contribution is 4.87. The topological polar surface area (TPSA) is 12.5 Å². The van der Waals surface area contributed by atoms with Gasteiger partial charge in [0, 0.05) is 25.7 Å². The molecule has 2 nitrogen and oxygen atoms in total. The van der Waals surface area contributed by atoms with Gasteiger partial charge in [-0.25, -0.2) is 4.39 Å². The Balaban J connectivity index is 2.45. The smallest absolute Gasteiger partial charge is 0.114 e. The van der Waals surface area contributed by atoms with Crippen molar-refractivity contribution in [2.24, 2.45) is 0 Å². The second kappa shape index (κ2) is 3.71. The van der Waals surface area contributed by atoms with Crippen molar-refractivity contribution in [2.75, 3.05) is 26.8 Å². The summed E-state index contributed by atoms with van der Waals surface area (Å²) in [6.45, 7) is 6.27. The van der Waals surface area contributed by atoms with Crippen molar-refractivity contribution in [1.82, 2.24) is 4.90 Å². The summed E-state index contributed by atoms with van der Waals surface area (Å²) < 4.78 is 18.0. The molecule has 12 heavy (non-hydrogen) atoms. The maximum absolute atomic E-state index is 12.9. The van der Waals surface area contributed by atoms with Crippen molar-refractivity contribution >= 4 is 0 Å². The zero-order valence-corrected chi connectivity index (χ0v) is 8.14. The summed E-state index contributed by atoms with van der Waals surface area (Å²) in [6, 6.07) is 0. The first-order valence-corrected chi connectivity index (χ1v) is 4.44. The minimum absolute atomic E-state index is 0.0183. The fourth-order valence-electron chi connectivity index (χ4n) is 1.71. The van der Waals surface area contributed by atoms with E-state index in [1.165, 1.54) is 0 Å². The SMILES string of the molecule is COCC(C)(C)N1CC[C@@H](F)C1. The highest BCUT2D eigenvalue weighted by Crippen LogP contribution is 2.22. The second-order valence-corrected chi connectivity index (χ2v) is 4.08. The summed E-state index contributed by atoms with van der Waals surface area (Å²) >= 11 is 0. The van der Waals surface area contributed by atoms with E-state index in [0.717, 1.165) is 6.54 Å². The molecule has 0 spiro atoms. The van der Waals surface area contributed by atoms with Gasteiger partial charge in [0.2, 0.25) is 0 Å². The van der Waals surface area contributed by atoms with Crippen LogP contribution in [0, 0.1) is 0 Å². The van der Waals surface area contributed by atoms with Crippen LogP contribution in [0.15, 0.2) is 0 Å². The molecule has 3 heteroatoms. The summed E-state index contributed by atoms with van der Waals surface area (Å²) in [5.41, 5.74) is -0.0183. The first kappa shape index (κ1) is 9.93. The highest BCUT2D eigenvalue weighted by atomic mass is 19.1. The van der Waals surface area contributed by atoms with Crippen molar-refractivity contribution < 1.29 is 9.13 Å². The highest BCUT2D eigenvalue weighted by Gasteiger charge is 2.33. The molecule has 0 radical (unpaired) electrons. The first-order chi connectivity index (χ1) is 5.56. The Morgan fingerprint density at radius 1 is 1.58 bits per heavy atom. The van der Waals surface area contributed by atoms with E-state index in [-0.39, 0.29) is 5.54 Å². The molecule has 1 saturated heterocycles. The molecule has 0 aliphatic carbocycles. The standard InChI is InChI=1S/C9H18FNO/c1-9(2,7-12-3)11-5-4-8(10)6-11/h8H,4-7H2,1-3H3/t8-/m1/s1. The average Bonchev–Trinajstić information content (AvgIpc) is 2.36. The molecule has 72 valence electrons. The van der Waals surface area contributed by atoms with Gasteiger partial charge >= 0.3 is 0 Å². The minimum Gasteiger partial charge on any atom is -0.383 e. The molecule has 0 bridgehead atoms. The third-order valence-electron chi connectivity index (χ3n) is 2.48. The quantitative estimate of drug-likeness (QED) is 0.644. The molecule has 0 unspecified atom stereocenters. The Bertz CT molecular complexity index is 149. The maximum Gasteiger partial charge on any atom is 0.114 e. The molecule has 1 fully saturated rings. The van der Waals surface area contributed by atoms with Crippen LogP contribution >= 0.6 is 0 Å². The van der Waals surface area contributed by atoms with E-state index in [4.69, 9.17) is 4.74 Å². The van der Waals surface area contributed by atoms with Gasteiger partial charge in [0.25, 0.3) is 0 Å². The van der Waals surface area contributed by atoms with Gasteiger partial charge in [0.15, 0.2) is 0 Å². The molecule has 1 aliphatic heterocycles. The Labute approximate surface area is 73.7 Å². The fraction of sp³-hybridized carbons (Fsp3) is 1.00. The summed E-state index contributed by atoms with van der Waals surface area (Å²) in [6.07, 6.45) is 0.0359. The number of halogens is 1. The van der Waals surface area contributed by atoms with Crippen molar-refractivity contribution in [3.63, 3.8) is 0 Å². The van der Waals surface area contributed by atoms with Crippen LogP contribution in [0.25, 0.3) is 0 Å². The molecule has 1 atom stereocenters. The third-order valence-corrected chi connectivity index (χ3v) is 2.48. The number of hydrogen-bond acceptors (Lipinski definition) is 2. The summed E-state index contributed by atoms with van der Waals surface area (Å²) in [5, 5.41) is 0. The molecule has 1 heterocycles. The normalized spacial score (nSPS) is 26.5. The van der Waals surface area contributed by atoms with Crippen molar-refractivity contribution in [3.8, 4) is 0 Å². The predicted molar refractivity (Wildman–Crippen MR) is 47.0 cm³/mol. The number of ether oxygens (including phenoxy) is 1. The fourth-order valence-corrected chi connectivity index (χ4v) is 1.71. The van der Waals surface area contributed by atoms with Gasteiger partial charge in [0.05, 0.1) is 6.61 Å². The van der Waals surface area contributed by atoms with Crippen LogP contribution in [0.4, 0.5) is 4.39 Å². The van der Waals surface area contributed by atoms with Crippen LogP contribution in [-0.4, -0.2) is 43.4 Å². The molecular weight excluding hydrogens is 157 g/mol. The zero-order valence-electron chi connectivity index (χ0n) is 8.14. The summed E-state index contributed by atoms with van der Waals surface area (Å²) in [5.74, 6) is 0. The Morgan fingerprint density at radius 3 is 2.67 bits per heavy atom. The summed E-state index contributed by atoms with van der Waals surface area (Å²) in [7, 11) is 1.69. The first-order valence-electron chi connectivity index (χ1n) is 4.44. The van der Waals surface area contributed by atoms with Gasteiger partial charge in [-0.2, -0.15) is 0 Å². The van der Waals surface area contributed by atoms with Gasteiger partial charge in [-0.15, -0.1) is 0 Å². The van der Waals surface area contributed by atoms with Crippen molar-refractivity contribution in [1.29, 1.82) is 0 Å². The number of alkyl halides is 1. The number of hydrogen-bond donors (Lipinski definition) is 0. The van der Waals surface area contributed by atoms with Gasteiger partial charge in [-0.05, 0) is 20.3 Å². The van der Waals surface area contributed by atoms with Crippen LogP contribution in [0.5, 0.6) is 0 Å². The molecule has 0 N–H and O–H groups in total. The molecule has 0 aromatic carbocycles. The number of rotatable bonds is 3. The van der Waals surface area contributed by atoms with Crippen LogP contribution in [0.2, 0.25) is 0 Å². The molecule has 0 aromatic rings. The van der Waals surface area contributed by atoms with E-state index in [1.54, 1.807) is 7.11 Å². The molecule has 1 aliphatic rings. The van der Waals surface area contributed by atoms with E-state index in [9.17, 15) is 4.39 Å². The van der Waals surface area contributed by atoms with E-state index in [0.29, 0.717) is 19.6 Å². The minimum atomic E-state index is -0.638. The predicted octanol–water partition coefficient (Wildman–Crippen LogP) is 1.46. The van der Waals surface area contributed by atoms with E-state index < -0.39 is 6.17 Å². The van der Waals surface area contributed by atoms with Gasteiger partial charge in [-0.3, -0.25) is 4.90 Å². The van der Waals surface area contributed by atoms with E-state index >= 15 is 0 Å². The largest absolute Gasteiger partial charge is 0.383 e. The van der Waals surface area contributed by atoms with Gasteiger partial charge in [0.1, 0.15) is 6.17 Å². The summed E-state index contributed by atoms with van der Waals surface area (Å²) in [4.78, 5) is 2.15. The van der Waals surface area contributed by atoms with Crippen LogP contribution in [-0.2, 0) is 4.74 Å². The van der Waals surface area contributed by atoms with Crippen LogP contribution in [0.3, 0.4) is 0 Å². The lowest BCUT2D eigenvalue weighted by Gasteiger charge is -2.34. The number of likely N-dealkylation sites (tertiary alicyclic amines) is 1. The monoisotopic (exact) mass is 175 g/mol. The van der Waals surface area contributed by atoms with Crippen LogP contribution in [0.1, 0.15) is 20.3 Å². The Morgan fingerprint density at radius 2 is 2.25 bits per heavy atom. The lowest BCUT2D eigenvalue weighted by molar-refractivity contribution is 0.0454. The molecule has 0 aromatic heterocycles. The molecule has 0 amide bonds. The second-order valence-electron chi connectivity index (χ2n) is 4.08. The van der Waals surface area contributed by atoms with Crippen molar-refractivity contribution in [2.45, 2.75) is 32.0 Å². The van der Waals surface area contributed by atoms with Gasteiger partial charge < -0.3 is 4.74 Å². The van der Waals surface area contributed by atoms with Gasteiger partial charge in [-0.1, -0.05) is 0 Å². The maximum atomic E-state index is 12.9. The van der Waals surface area contributed by atoms with E-state index in [2.05, 4.69) is 18.7 Å². The lowest BCUT2D eigenvalue weighted by Crippen LogP contribution is -2.46. The zero-order chi connectivity index (χ0) is 9.19.